The predicted molar refractivity (Wildman–Crippen MR) is 79.8 cm³/mol. The largest absolute Gasteiger partial charge is 0.352 e. The van der Waals surface area contributed by atoms with E-state index in [0.717, 1.165) is 32.1 Å². The van der Waals surface area contributed by atoms with E-state index in [1.165, 1.54) is 12.1 Å². The fourth-order valence-electron chi connectivity index (χ4n) is 2.74. The number of non-ortho nitro benzene ring substituents is 1. The van der Waals surface area contributed by atoms with Crippen LogP contribution in [0.2, 0.25) is 0 Å². The molecule has 1 amide bonds. The van der Waals surface area contributed by atoms with Crippen LogP contribution in [-0.4, -0.2) is 22.9 Å². The molecule has 1 aromatic rings. The van der Waals surface area contributed by atoms with Gasteiger partial charge in [0, 0.05) is 24.2 Å². The van der Waals surface area contributed by atoms with E-state index in [0.29, 0.717) is 5.56 Å². The van der Waals surface area contributed by atoms with E-state index in [1.807, 2.05) is 0 Å². The number of nitrogens with two attached hydrogens (primary N) is 1. The van der Waals surface area contributed by atoms with Crippen molar-refractivity contribution in [1.82, 2.24) is 5.32 Å². The summed E-state index contributed by atoms with van der Waals surface area (Å²) in [5.74, 6) is -0.127. The number of hydrogen-bond donors (Lipinski definition) is 2. The van der Waals surface area contributed by atoms with Crippen LogP contribution in [0, 0.1) is 10.1 Å². The quantitative estimate of drug-likeness (QED) is 0.503. The molecule has 0 aliphatic heterocycles. The van der Waals surface area contributed by atoms with Gasteiger partial charge in [0.15, 0.2) is 0 Å². The summed E-state index contributed by atoms with van der Waals surface area (Å²) in [7, 11) is 0. The number of hydrogen-bond acceptors (Lipinski definition) is 4. The standard InChI is InChI=1S/C15H21N3O3/c16-13-7-2-1-3-8-14(13)17-15(19)10-11-5-4-6-12(9-11)18(20)21/h4-6,9,13-14H,1-3,7-8,10,16H2,(H,17,19). The summed E-state index contributed by atoms with van der Waals surface area (Å²) < 4.78 is 0. The van der Waals surface area contributed by atoms with Crippen LogP contribution in [0.3, 0.4) is 0 Å². The maximum Gasteiger partial charge on any atom is 0.269 e. The molecular weight excluding hydrogens is 270 g/mol. The Hall–Kier alpha value is -1.95. The summed E-state index contributed by atoms with van der Waals surface area (Å²) in [5.41, 5.74) is 6.73. The van der Waals surface area contributed by atoms with Crippen molar-refractivity contribution in [3.05, 3.63) is 39.9 Å². The lowest BCUT2D eigenvalue weighted by molar-refractivity contribution is -0.384. The third-order valence-electron chi connectivity index (χ3n) is 3.90. The monoisotopic (exact) mass is 291 g/mol. The fourth-order valence-corrected chi connectivity index (χ4v) is 2.74. The van der Waals surface area contributed by atoms with Crippen molar-refractivity contribution in [3.63, 3.8) is 0 Å². The highest BCUT2D eigenvalue weighted by atomic mass is 16.6. The molecule has 0 heterocycles. The molecule has 0 bridgehead atoms. The zero-order chi connectivity index (χ0) is 15.2. The van der Waals surface area contributed by atoms with E-state index in [-0.39, 0.29) is 30.1 Å². The van der Waals surface area contributed by atoms with Gasteiger partial charge in [-0.05, 0) is 18.4 Å². The van der Waals surface area contributed by atoms with Crippen LogP contribution < -0.4 is 11.1 Å². The molecule has 21 heavy (non-hydrogen) atoms. The normalized spacial score (nSPS) is 22.3. The van der Waals surface area contributed by atoms with Gasteiger partial charge < -0.3 is 11.1 Å². The summed E-state index contributed by atoms with van der Waals surface area (Å²) in [5, 5.41) is 13.7. The molecule has 0 aromatic heterocycles. The van der Waals surface area contributed by atoms with E-state index >= 15 is 0 Å². The molecule has 0 spiro atoms. The van der Waals surface area contributed by atoms with Crippen LogP contribution in [0.25, 0.3) is 0 Å². The number of rotatable bonds is 4. The first-order chi connectivity index (χ1) is 10.1. The Morgan fingerprint density at radius 3 is 2.86 bits per heavy atom. The number of nitrogens with one attached hydrogen (secondary N) is 1. The second-order valence-corrected chi connectivity index (χ2v) is 5.58. The van der Waals surface area contributed by atoms with Crippen molar-refractivity contribution in [3.8, 4) is 0 Å². The molecule has 0 saturated heterocycles. The third kappa shape index (κ3) is 4.53. The predicted octanol–water partition coefficient (Wildman–Crippen LogP) is 1.91. The number of nitro benzene ring substituents is 1. The van der Waals surface area contributed by atoms with Crippen LogP contribution in [-0.2, 0) is 11.2 Å². The minimum Gasteiger partial charge on any atom is -0.352 e. The van der Waals surface area contributed by atoms with Crippen LogP contribution in [0.5, 0.6) is 0 Å². The average molecular weight is 291 g/mol. The first-order valence-electron chi connectivity index (χ1n) is 7.34. The summed E-state index contributed by atoms with van der Waals surface area (Å²) >= 11 is 0. The molecule has 2 atom stereocenters. The van der Waals surface area contributed by atoms with Gasteiger partial charge in [0.1, 0.15) is 0 Å². The molecule has 6 nitrogen and oxygen atoms in total. The van der Waals surface area contributed by atoms with E-state index in [9.17, 15) is 14.9 Å². The van der Waals surface area contributed by atoms with Crippen LogP contribution in [0.4, 0.5) is 5.69 Å². The van der Waals surface area contributed by atoms with Gasteiger partial charge in [-0.3, -0.25) is 14.9 Å². The summed E-state index contributed by atoms with van der Waals surface area (Å²) in [6.45, 7) is 0. The second kappa shape index (κ2) is 7.17. The minimum absolute atomic E-state index is 0.00144. The molecule has 1 aliphatic carbocycles. The van der Waals surface area contributed by atoms with E-state index in [1.54, 1.807) is 12.1 Å². The van der Waals surface area contributed by atoms with Crippen LogP contribution in [0.1, 0.15) is 37.7 Å². The first-order valence-corrected chi connectivity index (χ1v) is 7.34. The number of nitrogens with zero attached hydrogens (tertiary/aromatic N) is 1. The van der Waals surface area contributed by atoms with Gasteiger partial charge in [-0.1, -0.05) is 31.4 Å². The highest BCUT2D eigenvalue weighted by molar-refractivity contribution is 5.79. The first kappa shape index (κ1) is 15.4. The van der Waals surface area contributed by atoms with Crippen molar-refractivity contribution < 1.29 is 9.72 Å². The SMILES string of the molecule is NC1CCCCCC1NC(=O)Cc1cccc([N+](=O)[O-])c1. The Labute approximate surface area is 123 Å². The second-order valence-electron chi connectivity index (χ2n) is 5.58. The van der Waals surface area contributed by atoms with Gasteiger partial charge in [-0.2, -0.15) is 0 Å². The average Bonchev–Trinajstić information content (AvgIpc) is 2.64. The van der Waals surface area contributed by atoms with Gasteiger partial charge in [0.2, 0.25) is 5.91 Å². The molecule has 1 aromatic carbocycles. The van der Waals surface area contributed by atoms with Gasteiger partial charge in [0.05, 0.1) is 11.3 Å². The zero-order valence-electron chi connectivity index (χ0n) is 12.0. The van der Waals surface area contributed by atoms with E-state index in [2.05, 4.69) is 5.32 Å². The summed E-state index contributed by atoms with van der Waals surface area (Å²) in [6, 6.07) is 6.19. The Morgan fingerprint density at radius 2 is 2.10 bits per heavy atom. The Kier molecular flexibility index (Phi) is 5.27. The van der Waals surface area contributed by atoms with Crippen molar-refractivity contribution in [1.29, 1.82) is 0 Å². The molecular formula is C15H21N3O3. The minimum atomic E-state index is -0.456. The maximum absolute atomic E-state index is 12.1. The lowest BCUT2D eigenvalue weighted by atomic mass is 10.0. The molecule has 2 rings (SSSR count). The molecule has 2 unspecified atom stereocenters. The van der Waals surface area contributed by atoms with Crippen LogP contribution >= 0.6 is 0 Å². The Morgan fingerprint density at radius 1 is 1.33 bits per heavy atom. The fraction of sp³-hybridized carbons (Fsp3) is 0.533. The molecule has 0 radical (unpaired) electrons. The lowest BCUT2D eigenvalue weighted by Crippen LogP contribution is -2.47. The van der Waals surface area contributed by atoms with Gasteiger partial charge in [0.25, 0.3) is 5.69 Å². The molecule has 114 valence electrons. The number of benzene rings is 1. The highest BCUT2D eigenvalue weighted by Gasteiger charge is 2.22. The molecule has 3 N–H and O–H groups in total. The van der Waals surface area contributed by atoms with Gasteiger partial charge >= 0.3 is 0 Å². The zero-order valence-corrected chi connectivity index (χ0v) is 12.0. The number of carbonyl (C=O) groups excluding carboxylic acids is 1. The van der Waals surface area contributed by atoms with E-state index in [4.69, 9.17) is 5.73 Å². The lowest BCUT2D eigenvalue weighted by Gasteiger charge is -2.22. The maximum atomic E-state index is 12.1. The highest BCUT2D eigenvalue weighted by Crippen LogP contribution is 2.17. The molecule has 6 heteroatoms. The summed E-state index contributed by atoms with van der Waals surface area (Å²) in [4.78, 5) is 22.4. The summed E-state index contributed by atoms with van der Waals surface area (Å²) in [6.07, 6.45) is 5.33. The molecule has 1 fully saturated rings. The number of nitro groups is 1. The van der Waals surface area contributed by atoms with Crippen molar-refractivity contribution in [2.45, 2.75) is 50.6 Å². The van der Waals surface area contributed by atoms with Crippen molar-refractivity contribution >= 4 is 11.6 Å². The Balaban J connectivity index is 1.94. The number of amides is 1. The van der Waals surface area contributed by atoms with Crippen molar-refractivity contribution in [2.75, 3.05) is 0 Å². The Bertz CT molecular complexity index is 519. The van der Waals surface area contributed by atoms with Gasteiger partial charge in [-0.25, -0.2) is 0 Å². The topological polar surface area (TPSA) is 98.3 Å². The third-order valence-corrected chi connectivity index (χ3v) is 3.90. The smallest absolute Gasteiger partial charge is 0.269 e. The van der Waals surface area contributed by atoms with Gasteiger partial charge in [-0.15, -0.1) is 0 Å². The van der Waals surface area contributed by atoms with Crippen LogP contribution in [0.15, 0.2) is 24.3 Å². The van der Waals surface area contributed by atoms with E-state index < -0.39 is 4.92 Å². The molecule has 1 saturated carbocycles. The molecule has 1 aliphatic rings. The van der Waals surface area contributed by atoms with Crippen molar-refractivity contribution in [2.24, 2.45) is 5.73 Å². The number of carbonyl (C=O) groups is 1.